The molecule has 0 bridgehead atoms. The predicted molar refractivity (Wildman–Crippen MR) is 91.0 cm³/mol. The fourth-order valence-electron chi connectivity index (χ4n) is 2.36. The summed E-state index contributed by atoms with van der Waals surface area (Å²) >= 11 is 0. The number of aromatic nitrogens is 2. The van der Waals surface area contributed by atoms with Crippen molar-refractivity contribution < 1.29 is 0 Å². The number of nitrogens with one attached hydrogen (secondary N) is 1. The summed E-state index contributed by atoms with van der Waals surface area (Å²) in [5.74, 6) is 0.518. The van der Waals surface area contributed by atoms with Gasteiger partial charge in [-0.2, -0.15) is 5.10 Å². The Kier molecular flexibility index (Phi) is 6.01. The van der Waals surface area contributed by atoms with Crippen molar-refractivity contribution in [1.29, 1.82) is 0 Å². The molecule has 1 aromatic heterocycles. The molecule has 5 heteroatoms. The van der Waals surface area contributed by atoms with Crippen molar-refractivity contribution >= 4 is 5.96 Å². The maximum Gasteiger partial charge on any atom is 0.188 e. The molecule has 22 heavy (non-hydrogen) atoms. The monoisotopic (exact) mass is 299 g/mol. The third-order valence-electron chi connectivity index (χ3n) is 3.48. The number of guanidine groups is 1. The first-order chi connectivity index (χ1) is 10.6. The lowest BCUT2D eigenvalue weighted by atomic mass is 10.1. The summed E-state index contributed by atoms with van der Waals surface area (Å²) < 4.78 is 2.02. The summed E-state index contributed by atoms with van der Waals surface area (Å²) in [5.41, 5.74) is 9.41. The summed E-state index contributed by atoms with van der Waals surface area (Å²) in [7, 11) is 0. The minimum Gasteiger partial charge on any atom is -0.370 e. The molecule has 0 fully saturated rings. The first-order valence-corrected chi connectivity index (χ1v) is 7.74. The van der Waals surface area contributed by atoms with Gasteiger partial charge >= 0.3 is 0 Å². The number of aryl methyl sites for hydroxylation is 3. The third-order valence-corrected chi connectivity index (χ3v) is 3.48. The maximum absolute atomic E-state index is 5.87. The third kappa shape index (κ3) is 5.24. The molecular weight excluding hydrogens is 274 g/mol. The molecular formula is C17H25N5. The van der Waals surface area contributed by atoms with E-state index in [1.807, 2.05) is 29.8 Å². The summed E-state index contributed by atoms with van der Waals surface area (Å²) in [6, 6.07) is 12.4. The molecule has 0 atom stereocenters. The van der Waals surface area contributed by atoms with Gasteiger partial charge in [-0.3, -0.25) is 9.67 Å². The van der Waals surface area contributed by atoms with Gasteiger partial charge in [-0.15, -0.1) is 0 Å². The number of hydrogen-bond acceptors (Lipinski definition) is 2. The lowest BCUT2D eigenvalue weighted by Gasteiger charge is -2.06. The molecule has 0 saturated carbocycles. The van der Waals surface area contributed by atoms with E-state index in [4.69, 9.17) is 5.73 Å². The summed E-state index contributed by atoms with van der Waals surface area (Å²) in [4.78, 5) is 4.35. The van der Waals surface area contributed by atoms with Gasteiger partial charge in [0.1, 0.15) is 0 Å². The number of nitrogens with zero attached hydrogens (tertiary/aromatic N) is 3. The molecule has 1 aromatic carbocycles. The number of hydrogen-bond donors (Lipinski definition) is 2. The second-order valence-corrected chi connectivity index (χ2v) is 5.43. The summed E-state index contributed by atoms with van der Waals surface area (Å²) in [5, 5.41) is 7.58. The van der Waals surface area contributed by atoms with Crippen LogP contribution in [0.2, 0.25) is 0 Å². The Bertz CT molecular complexity index is 601. The topological polar surface area (TPSA) is 68.2 Å². The fourth-order valence-corrected chi connectivity index (χ4v) is 2.36. The van der Waals surface area contributed by atoms with E-state index in [0.29, 0.717) is 12.5 Å². The van der Waals surface area contributed by atoms with Crippen LogP contribution in [0.15, 0.2) is 41.4 Å². The van der Waals surface area contributed by atoms with Crippen molar-refractivity contribution in [3.8, 4) is 0 Å². The van der Waals surface area contributed by atoms with Crippen molar-refractivity contribution in [2.45, 2.75) is 33.2 Å². The number of benzene rings is 1. The second kappa shape index (κ2) is 8.22. The van der Waals surface area contributed by atoms with Crippen LogP contribution in [0.5, 0.6) is 0 Å². The van der Waals surface area contributed by atoms with Gasteiger partial charge in [-0.25, -0.2) is 0 Å². The van der Waals surface area contributed by atoms with E-state index in [1.165, 1.54) is 11.3 Å². The highest BCUT2D eigenvalue weighted by Crippen LogP contribution is 2.02. The van der Waals surface area contributed by atoms with Crippen LogP contribution < -0.4 is 11.1 Å². The molecule has 0 aliphatic heterocycles. The molecule has 0 saturated heterocycles. The standard InChI is InChI=1S/C17H25N5/c1-14-13-15(2)22(21-14)12-6-10-19-17(18)20-11-9-16-7-4-3-5-8-16/h3-5,7-8,13H,6,9-12H2,1-2H3,(H3,18,19,20). The van der Waals surface area contributed by atoms with Crippen LogP contribution in [0.3, 0.4) is 0 Å². The van der Waals surface area contributed by atoms with Crippen LogP contribution >= 0.6 is 0 Å². The van der Waals surface area contributed by atoms with Gasteiger partial charge in [-0.1, -0.05) is 30.3 Å². The molecule has 118 valence electrons. The predicted octanol–water partition coefficient (Wildman–Crippen LogP) is 2.04. The van der Waals surface area contributed by atoms with Crippen LogP contribution in [0, 0.1) is 13.8 Å². The van der Waals surface area contributed by atoms with Crippen LogP contribution in [-0.2, 0) is 13.0 Å². The first kappa shape index (κ1) is 16.1. The average molecular weight is 299 g/mol. The molecule has 0 radical (unpaired) electrons. The van der Waals surface area contributed by atoms with Gasteiger partial charge in [-0.05, 0) is 38.3 Å². The SMILES string of the molecule is Cc1cc(C)n(CCCN=C(N)NCCc2ccccc2)n1. The molecule has 0 aliphatic rings. The normalized spacial score (nSPS) is 11.6. The summed E-state index contributed by atoms with van der Waals surface area (Å²) in [6.07, 6.45) is 1.88. The van der Waals surface area contributed by atoms with Crippen molar-refractivity contribution in [1.82, 2.24) is 15.1 Å². The van der Waals surface area contributed by atoms with Crippen LogP contribution in [0.1, 0.15) is 23.4 Å². The Morgan fingerprint density at radius 2 is 2.05 bits per heavy atom. The zero-order valence-electron chi connectivity index (χ0n) is 13.4. The molecule has 0 amide bonds. The molecule has 2 rings (SSSR count). The molecule has 3 N–H and O–H groups in total. The van der Waals surface area contributed by atoms with Gasteiger partial charge in [0.2, 0.25) is 0 Å². The van der Waals surface area contributed by atoms with E-state index >= 15 is 0 Å². The van der Waals surface area contributed by atoms with E-state index < -0.39 is 0 Å². The van der Waals surface area contributed by atoms with Gasteiger partial charge in [0.15, 0.2) is 5.96 Å². The van der Waals surface area contributed by atoms with Gasteiger partial charge in [0.05, 0.1) is 5.69 Å². The average Bonchev–Trinajstić information content (AvgIpc) is 2.83. The second-order valence-electron chi connectivity index (χ2n) is 5.43. The van der Waals surface area contributed by atoms with E-state index in [0.717, 1.165) is 31.6 Å². The highest BCUT2D eigenvalue weighted by Gasteiger charge is 2.00. The number of nitrogens with two attached hydrogens (primary N) is 1. The lowest BCUT2D eigenvalue weighted by molar-refractivity contribution is 0.567. The van der Waals surface area contributed by atoms with Crippen molar-refractivity contribution in [3.05, 3.63) is 53.3 Å². The molecule has 1 heterocycles. The molecule has 0 spiro atoms. The van der Waals surface area contributed by atoms with Crippen molar-refractivity contribution in [3.63, 3.8) is 0 Å². The van der Waals surface area contributed by atoms with Gasteiger partial charge in [0.25, 0.3) is 0 Å². The molecule has 2 aromatic rings. The highest BCUT2D eigenvalue weighted by atomic mass is 15.3. The Balaban J connectivity index is 1.64. The minimum absolute atomic E-state index is 0.518. The lowest BCUT2D eigenvalue weighted by Crippen LogP contribution is -2.33. The van der Waals surface area contributed by atoms with Crippen molar-refractivity contribution in [2.75, 3.05) is 13.1 Å². The van der Waals surface area contributed by atoms with Crippen LogP contribution in [0.25, 0.3) is 0 Å². The van der Waals surface area contributed by atoms with E-state index in [9.17, 15) is 0 Å². The van der Waals surface area contributed by atoms with Gasteiger partial charge in [0, 0.05) is 25.3 Å². The highest BCUT2D eigenvalue weighted by molar-refractivity contribution is 5.77. The molecule has 5 nitrogen and oxygen atoms in total. The van der Waals surface area contributed by atoms with Crippen LogP contribution in [0.4, 0.5) is 0 Å². The number of aliphatic imine (C=N–C) groups is 1. The van der Waals surface area contributed by atoms with Gasteiger partial charge < -0.3 is 11.1 Å². The fraction of sp³-hybridized carbons (Fsp3) is 0.412. The van der Waals surface area contributed by atoms with Crippen molar-refractivity contribution in [2.24, 2.45) is 10.7 Å². The quantitative estimate of drug-likeness (QED) is 0.467. The van der Waals surface area contributed by atoms with E-state index in [-0.39, 0.29) is 0 Å². The zero-order valence-corrected chi connectivity index (χ0v) is 13.4. The number of rotatable bonds is 7. The minimum atomic E-state index is 0.518. The summed E-state index contributed by atoms with van der Waals surface area (Å²) in [6.45, 7) is 6.47. The smallest absolute Gasteiger partial charge is 0.188 e. The Hall–Kier alpha value is -2.30. The van der Waals surface area contributed by atoms with E-state index in [1.54, 1.807) is 0 Å². The first-order valence-electron chi connectivity index (χ1n) is 7.74. The largest absolute Gasteiger partial charge is 0.370 e. The Labute approximate surface area is 132 Å². The Morgan fingerprint density at radius 3 is 2.73 bits per heavy atom. The maximum atomic E-state index is 5.87. The van der Waals surface area contributed by atoms with E-state index in [2.05, 4.69) is 40.5 Å². The zero-order chi connectivity index (χ0) is 15.8. The molecule has 0 aliphatic carbocycles. The molecule has 0 unspecified atom stereocenters. The Morgan fingerprint density at radius 1 is 1.27 bits per heavy atom. The van der Waals surface area contributed by atoms with Crippen LogP contribution in [-0.4, -0.2) is 28.8 Å².